The topological polar surface area (TPSA) is 28.2 Å². The molecule has 0 saturated heterocycles. The fourth-order valence-electron chi connectivity index (χ4n) is 2.08. The molecule has 0 aromatic heterocycles. The average Bonchev–Trinajstić information content (AvgIpc) is 2.27. The van der Waals surface area contributed by atoms with E-state index < -0.39 is 8.40 Å². The molecule has 0 aliphatic carbocycles. The summed E-state index contributed by atoms with van der Waals surface area (Å²) in [7, 11) is -1.76. The zero-order valence-electron chi connectivity index (χ0n) is 12.2. The van der Waals surface area contributed by atoms with Crippen molar-refractivity contribution in [2.75, 3.05) is 0 Å². The van der Waals surface area contributed by atoms with Crippen molar-refractivity contribution >= 4 is 8.40 Å². The first-order chi connectivity index (χ1) is 6.62. The van der Waals surface area contributed by atoms with Crippen LogP contribution in [0.3, 0.4) is 0 Å². The molecule has 1 aliphatic rings. The predicted octanol–water partition coefficient (Wildman–Crippen LogP) is -1.65. The fraction of sp³-hybridized carbons (Fsp3) is 0.833. The van der Waals surface area contributed by atoms with E-state index in [1.54, 1.807) is 0 Å². The Labute approximate surface area is 141 Å². The van der Waals surface area contributed by atoms with Gasteiger partial charge in [-0.2, -0.15) is 8.40 Å². The maximum Gasteiger partial charge on any atom is 4.00 e. The molecule has 0 bridgehead atoms. The van der Waals surface area contributed by atoms with Crippen LogP contribution in [0.15, 0.2) is 12.2 Å². The largest absolute Gasteiger partial charge is 4.00 e. The van der Waals surface area contributed by atoms with E-state index in [1.807, 2.05) is 0 Å². The third kappa shape index (κ3) is 9.13. The Balaban J connectivity index is -0.000000750. The summed E-state index contributed by atoms with van der Waals surface area (Å²) in [5, 5.41) is 0. The second-order valence-corrected chi connectivity index (χ2v) is 9.66. The summed E-state index contributed by atoms with van der Waals surface area (Å²) in [6.45, 7) is 13.1. The Kier molecular flexibility index (Phi) is 11.4. The second-order valence-electron chi connectivity index (χ2n) is 6.43. The van der Waals surface area contributed by atoms with Gasteiger partial charge in [0.2, 0.25) is 0 Å². The molecule has 0 unspecified atom stereocenters. The van der Waals surface area contributed by atoms with E-state index in [-0.39, 0.29) is 57.6 Å². The van der Waals surface area contributed by atoms with Gasteiger partial charge >= 0.3 is 21.7 Å². The van der Waals surface area contributed by atoms with Crippen molar-refractivity contribution < 1.29 is 46.5 Å². The molecule has 6 heteroatoms. The van der Waals surface area contributed by atoms with E-state index in [9.17, 15) is 0 Å². The minimum absolute atomic E-state index is 0. The molecular weight excluding hydrogens is 319 g/mol. The van der Waals surface area contributed by atoms with Crippen molar-refractivity contribution in [2.45, 2.75) is 64.7 Å². The smallest absolute Gasteiger partial charge is 1.00 e. The number of rotatable bonds is 2. The van der Waals surface area contributed by atoms with Gasteiger partial charge in [-0.25, -0.2) is 0 Å². The van der Waals surface area contributed by atoms with Gasteiger partial charge in [0.05, 0.1) is 0 Å². The Bertz CT molecular complexity index is 234. The fourth-order valence-corrected chi connectivity index (χ4v) is 6.25. The van der Waals surface area contributed by atoms with Crippen LogP contribution in [-0.2, 0) is 21.7 Å². The van der Waals surface area contributed by atoms with E-state index >= 15 is 0 Å². The maximum absolute atomic E-state index is 5.03. The van der Waals surface area contributed by atoms with Gasteiger partial charge in [0.1, 0.15) is 0 Å². The van der Waals surface area contributed by atoms with E-state index in [1.165, 1.54) is 0 Å². The van der Waals surface area contributed by atoms with Crippen LogP contribution in [0.2, 0.25) is 12.1 Å². The summed E-state index contributed by atoms with van der Waals surface area (Å²) in [4.78, 5) is 10.1. The minimum atomic E-state index is -1.76. The van der Waals surface area contributed by atoms with Gasteiger partial charge in [0, 0.05) is 0 Å². The summed E-state index contributed by atoms with van der Waals surface area (Å²) < 4.78 is 0. The quantitative estimate of drug-likeness (QED) is 0.425. The molecule has 0 atom stereocenters. The molecule has 0 N–H and O–H groups in total. The van der Waals surface area contributed by atoms with Crippen LogP contribution in [0.1, 0.15) is 41.5 Å². The number of halogens is 2. The van der Waals surface area contributed by atoms with Crippen LogP contribution < -0.4 is 24.8 Å². The molecule has 0 fully saturated rings. The Morgan fingerprint density at radius 3 is 1.28 bits per heavy atom. The van der Waals surface area contributed by atoms with Gasteiger partial charge in [-0.05, 0) is 0 Å². The molecule has 18 heavy (non-hydrogen) atoms. The second kappa shape index (κ2) is 8.46. The van der Waals surface area contributed by atoms with Crippen molar-refractivity contribution in [3.05, 3.63) is 22.1 Å². The molecular formula is C12H24Cl2N2SiTi. The Morgan fingerprint density at radius 2 is 1.06 bits per heavy atom. The summed E-state index contributed by atoms with van der Waals surface area (Å²) in [6.07, 6.45) is 4.52. The van der Waals surface area contributed by atoms with Crippen LogP contribution in [0.5, 0.6) is 0 Å². The molecule has 2 nitrogen and oxygen atoms in total. The zero-order chi connectivity index (χ0) is 11.7. The normalized spacial score (nSPS) is 17.4. The zero-order valence-corrected chi connectivity index (χ0v) is 16.3. The number of nitrogens with zero attached hydrogens (tertiary/aromatic N) is 2. The van der Waals surface area contributed by atoms with Gasteiger partial charge in [-0.15, -0.1) is 11.1 Å². The van der Waals surface area contributed by atoms with Crippen LogP contribution in [0, 0.1) is 0 Å². The summed E-state index contributed by atoms with van der Waals surface area (Å²) in [6, 6.07) is 2.20. The molecule has 1 rings (SSSR count). The molecule has 0 spiro atoms. The molecule has 0 radical (unpaired) electrons. The van der Waals surface area contributed by atoms with Crippen molar-refractivity contribution in [1.29, 1.82) is 0 Å². The molecule has 0 aromatic rings. The monoisotopic (exact) mass is 342 g/mol. The summed E-state index contributed by atoms with van der Waals surface area (Å²) in [5.74, 6) is 0. The van der Waals surface area contributed by atoms with Gasteiger partial charge < -0.3 is 34.8 Å². The van der Waals surface area contributed by atoms with Crippen molar-refractivity contribution in [3.8, 4) is 0 Å². The van der Waals surface area contributed by atoms with Crippen molar-refractivity contribution in [1.82, 2.24) is 0 Å². The van der Waals surface area contributed by atoms with Gasteiger partial charge in [-0.3, -0.25) is 0 Å². The standard InChI is InChI=1S/C12H24N2Si.2ClH.Ti/c1-11(2,3)13-15(9-7-8-10-15)14-12(4,5)6;;;/h7-8H,9-10H2,1-6H3;2*1H;/q-2;;;+4/p-2. The number of allylic oxidation sites excluding steroid dienone is 2. The molecule has 0 amide bonds. The minimum Gasteiger partial charge on any atom is -1.00 e. The number of hydrogen-bond donors (Lipinski definition) is 0. The van der Waals surface area contributed by atoms with E-state index in [0.29, 0.717) is 0 Å². The molecule has 104 valence electrons. The van der Waals surface area contributed by atoms with Crippen molar-refractivity contribution in [2.24, 2.45) is 0 Å². The summed E-state index contributed by atoms with van der Waals surface area (Å²) in [5.41, 5.74) is 0.0972. The van der Waals surface area contributed by atoms with Crippen LogP contribution in [0.25, 0.3) is 9.96 Å². The predicted molar refractivity (Wildman–Crippen MR) is 70.7 cm³/mol. The summed E-state index contributed by atoms with van der Waals surface area (Å²) >= 11 is 0. The first-order valence-electron chi connectivity index (χ1n) is 5.75. The average molecular weight is 343 g/mol. The number of hydrogen-bond acceptors (Lipinski definition) is 0. The Hall–Kier alpha value is 1.17. The Morgan fingerprint density at radius 1 is 0.778 bits per heavy atom. The van der Waals surface area contributed by atoms with Crippen molar-refractivity contribution in [3.63, 3.8) is 0 Å². The van der Waals surface area contributed by atoms with Gasteiger partial charge in [0.25, 0.3) is 0 Å². The van der Waals surface area contributed by atoms with E-state index in [0.717, 1.165) is 12.1 Å². The molecule has 0 aromatic carbocycles. The van der Waals surface area contributed by atoms with E-state index in [2.05, 4.69) is 53.7 Å². The first kappa shape index (κ1) is 24.2. The molecule has 0 saturated carbocycles. The maximum atomic E-state index is 5.03. The van der Waals surface area contributed by atoms with Gasteiger partial charge in [-0.1, -0.05) is 65.8 Å². The third-order valence-electron chi connectivity index (χ3n) is 2.14. The van der Waals surface area contributed by atoms with Crippen LogP contribution >= 0.6 is 0 Å². The van der Waals surface area contributed by atoms with E-state index in [4.69, 9.17) is 9.96 Å². The molecule has 1 aliphatic heterocycles. The van der Waals surface area contributed by atoms with Gasteiger partial charge in [0.15, 0.2) is 0 Å². The van der Waals surface area contributed by atoms with Crippen LogP contribution in [-0.4, -0.2) is 19.5 Å². The third-order valence-corrected chi connectivity index (χ3v) is 6.10. The van der Waals surface area contributed by atoms with Crippen LogP contribution in [0.4, 0.5) is 0 Å². The first-order valence-corrected chi connectivity index (χ1v) is 8.06. The SMILES string of the molecule is CC(C)(C)[N-][Si]1([N-]C(C)(C)C)CC=CC1.[Cl-].[Cl-].[Ti+4]. The molecule has 1 heterocycles.